The fourth-order valence-corrected chi connectivity index (χ4v) is 16.0. The Kier molecular flexibility index (Phi) is 62.8. The van der Waals surface area contributed by atoms with Gasteiger partial charge in [0, 0.05) is 25.7 Å². The number of hydrogen-bond donors (Lipinski definition) is 10. The Balaban J connectivity index is 1.95. The van der Waals surface area contributed by atoms with Crippen molar-refractivity contribution < 1.29 is 122 Å². The summed E-state index contributed by atoms with van der Waals surface area (Å²) in [4.78, 5) is 66.4. The van der Waals surface area contributed by atoms with Crippen LogP contribution in [0.5, 0.6) is 0 Å². The zero-order valence-corrected chi connectivity index (χ0v) is 73.1. The second-order valence-corrected chi connectivity index (χ2v) is 34.5. The summed E-state index contributed by atoms with van der Waals surface area (Å²) in [6, 6.07) is 0. The first-order chi connectivity index (χ1) is 56.1. The first-order valence-electron chi connectivity index (χ1n) is 46.1. The van der Waals surface area contributed by atoms with E-state index in [0.29, 0.717) is 50.9 Å². The van der Waals surface area contributed by atoms with Gasteiger partial charge in [0.1, 0.15) is 92.6 Å². The average Bonchev–Trinajstić information content (AvgIpc) is 0.754. The molecular weight excluding hydrogens is 1510 g/mol. The number of ether oxygens (including phenoxy) is 8. The van der Waals surface area contributed by atoms with Crippen molar-refractivity contribution in [3.8, 4) is 0 Å². The van der Waals surface area contributed by atoms with Gasteiger partial charge in [-0.15, -0.1) is 0 Å². The van der Waals surface area contributed by atoms with Gasteiger partial charge in [-0.25, -0.2) is 4.57 Å². The molecule has 0 aromatic carbocycles. The Morgan fingerprint density at radius 1 is 0.362 bits per heavy atom. The summed E-state index contributed by atoms with van der Waals surface area (Å²) >= 11 is 0. The standard InChI is InChI=1S/C90H163O25P/c1-6-10-14-18-22-25-28-31-32-35-38-41-44-51-58-64-76(95)112-85-81(100)82(101)86(113-89-83(102)79(98)77(96)71(65-91)110-89)88(87(85)114-90-84(103)80(99)78(97)72(111-90)68-107-74(93)62-56-50-43-40-37-34-30-27-24-20-16-12-8-3)115-116(104,105)108-67-70(66-106-73(92)61-55-49-42-39-36-33-29-26-23-19-15-11-7-2)109-75(94)63-57-52-46-45-48-54-60-69(5)59-53-47-21-17-13-9-4/h25,28,33-34,36-37,69-72,77-91,96-103H,6-24,26-27,29-32,35,38-68H2,1-5H3,(H,104,105)/b28-25-,36-33-,37-34-. The van der Waals surface area contributed by atoms with Crippen molar-refractivity contribution in [1.29, 1.82) is 0 Å². The van der Waals surface area contributed by atoms with E-state index < -0.39 is 162 Å². The van der Waals surface area contributed by atoms with Gasteiger partial charge in [0.2, 0.25) is 0 Å². The molecule has 19 atom stereocenters. The Morgan fingerprint density at radius 2 is 0.698 bits per heavy atom. The van der Waals surface area contributed by atoms with Crippen molar-refractivity contribution >= 4 is 31.7 Å². The molecule has 10 N–H and O–H groups in total. The summed E-state index contributed by atoms with van der Waals surface area (Å²) in [7, 11) is -5.81. The highest BCUT2D eigenvalue weighted by Gasteiger charge is 2.60. The van der Waals surface area contributed by atoms with E-state index in [4.69, 9.17) is 46.9 Å². The van der Waals surface area contributed by atoms with Gasteiger partial charge >= 0.3 is 31.7 Å². The van der Waals surface area contributed by atoms with E-state index in [-0.39, 0.29) is 25.7 Å². The van der Waals surface area contributed by atoms with E-state index in [1.165, 1.54) is 141 Å². The lowest BCUT2D eigenvalue weighted by atomic mass is 9.84. The molecule has 2 aliphatic heterocycles. The van der Waals surface area contributed by atoms with E-state index in [2.05, 4.69) is 71.1 Å². The average molecular weight is 1680 g/mol. The molecule has 26 heteroatoms. The molecule has 3 rings (SSSR count). The Labute approximate surface area is 697 Å². The Hall–Kier alpha value is -3.31. The predicted octanol–water partition coefficient (Wildman–Crippen LogP) is 16.6. The molecule has 19 unspecified atom stereocenters. The third-order valence-electron chi connectivity index (χ3n) is 22.5. The molecule has 0 bridgehead atoms. The SMILES string of the molecule is CCCCCC/C=C\CCCCCCCCCC(=O)OC1C(O)C(O)C(OC2OC(CO)C(O)C(O)C2O)C(OP(=O)(O)OCC(COC(=O)CCCCC/C=C\CCCCCCCC)OC(=O)CCCCCCCCC(C)CCCCCCCC)C1OC1OC(COC(=O)CCCCC/C=C\CCCCCCCC)C(O)C(O)C1O. The molecule has 0 aromatic rings. The maximum absolute atomic E-state index is 14.9. The van der Waals surface area contributed by atoms with Gasteiger partial charge in [-0.1, -0.05) is 283 Å². The quantitative estimate of drug-likeness (QED) is 0.00889. The lowest BCUT2D eigenvalue weighted by Crippen LogP contribution is -2.70. The molecule has 0 radical (unpaired) electrons. The summed E-state index contributed by atoms with van der Waals surface area (Å²) in [6.07, 6.45) is 27.3. The molecular formula is C90H163O25P. The monoisotopic (exact) mass is 1680 g/mol. The second kappa shape index (κ2) is 68.2. The van der Waals surface area contributed by atoms with Crippen molar-refractivity contribution in [1.82, 2.24) is 0 Å². The summed E-state index contributed by atoms with van der Waals surface area (Å²) in [5.41, 5.74) is 0. The van der Waals surface area contributed by atoms with E-state index in [9.17, 15) is 74.6 Å². The van der Waals surface area contributed by atoms with E-state index >= 15 is 0 Å². The summed E-state index contributed by atoms with van der Waals surface area (Å²) < 4.78 is 73.3. The summed E-state index contributed by atoms with van der Waals surface area (Å²) in [5, 5.41) is 102. The van der Waals surface area contributed by atoms with Crippen molar-refractivity contribution in [3.63, 3.8) is 0 Å². The van der Waals surface area contributed by atoms with Crippen LogP contribution >= 0.6 is 7.82 Å². The van der Waals surface area contributed by atoms with Gasteiger partial charge in [0.05, 0.1) is 13.2 Å². The summed E-state index contributed by atoms with van der Waals surface area (Å²) in [5.74, 6) is -2.35. The fourth-order valence-electron chi connectivity index (χ4n) is 15.0. The lowest BCUT2D eigenvalue weighted by Gasteiger charge is -2.50. The van der Waals surface area contributed by atoms with Crippen LogP contribution in [-0.2, 0) is 70.7 Å². The molecule has 3 fully saturated rings. The minimum atomic E-state index is -5.81. The zero-order valence-electron chi connectivity index (χ0n) is 72.2. The van der Waals surface area contributed by atoms with Gasteiger partial charge in [0.25, 0.3) is 0 Å². The highest BCUT2D eigenvalue weighted by molar-refractivity contribution is 7.47. The van der Waals surface area contributed by atoms with Crippen LogP contribution in [0.25, 0.3) is 0 Å². The van der Waals surface area contributed by atoms with Crippen LogP contribution in [0.2, 0.25) is 0 Å². The third-order valence-corrected chi connectivity index (χ3v) is 23.5. The smallest absolute Gasteiger partial charge is 0.463 e. The molecule has 0 aromatic heterocycles. The molecule has 0 spiro atoms. The highest BCUT2D eigenvalue weighted by Crippen LogP contribution is 2.49. The minimum Gasteiger partial charge on any atom is -0.463 e. The number of hydrogen-bond acceptors (Lipinski definition) is 24. The number of phosphoric ester groups is 1. The number of rotatable bonds is 73. The largest absolute Gasteiger partial charge is 0.472 e. The first kappa shape index (κ1) is 107. The number of allylic oxidation sites excluding steroid dienone is 6. The van der Waals surface area contributed by atoms with E-state index in [1.807, 2.05) is 0 Å². The molecule has 3 aliphatic rings. The van der Waals surface area contributed by atoms with Crippen molar-refractivity contribution in [2.75, 3.05) is 26.4 Å². The van der Waals surface area contributed by atoms with Crippen LogP contribution in [0, 0.1) is 5.92 Å². The summed E-state index contributed by atoms with van der Waals surface area (Å²) in [6.45, 7) is 7.84. The van der Waals surface area contributed by atoms with Crippen LogP contribution in [0.1, 0.15) is 375 Å². The number of unbranched alkanes of at least 4 members (excludes halogenated alkanes) is 39. The van der Waals surface area contributed by atoms with Gasteiger partial charge in [-0.05, 0) is 109 Å². The van der Waals surface area contributed by atoms with Gasteiger partial charge in [0.15, 0.2) is 24.8 Å². The normalized spacial score (nSPS) is 25.6. The predicted molar refractivity (Wildman–Crippen MR) is 449 cm³/mol. The van der Waals surface area contributed by atoms with Crippen LogP contribution in [0.3, 0.4) is 0 Å². The number of phosphoric acid groups is 1. The number of aliphatic hydroxyl groups is 9. The van der Waals surface area contributed by atoms with Gasteiger partial charge in [-0.2, -0.15) is 0 Å². The van der Waals surface area contributed by atoms with E-state index in [0.717, 1.165) is 128 Å². The molecule has 678 valence electrons. The highest BCUT2D eigenvalue weighted by atomic mass is 31.2. The number of carbonyl (C=O) groups is 4. The number of aliphatic hydroxyl groups excluding tert-OH is 9. The fraction of sp³-hybridized carbons (Fsp3) is 0.889. The lowest BCUT2D eigenvalue weighted by molar-refractivity contribution is -0.360. The number of carbonyl (C=O) groups excluding carboxylic acids is 4. The van der Waals surface area contributed by atoms with Crippen molar-refractivity contribution in [2.45, 2.75) is 479 Å². The molecule has 2 heterocycles. The van der Waals surface area contributed by atoms with Crippen molar-refractivity contribution in [2.24, 2.45) is 5.92 Å². The topological polar surface area (TPSA) is 380 Å². The molecule has 25 nitrogen and oxygen atoms in total. The van der Waals surface area contributed by atoms with Crippen LogP contribution in [-0.4, -0.2) is 205 Å². The molecule has 1 aliphatic carbocycles. The van der Waals surface area contributed by atoms with Crippen LogP contribution in [0.15, 0.2) is 36.5 Å². The van der Waals surface area contributed by atoms with Crippen molar-refractivity contribution in [3.05, 3.63) is 36.5 Å². The van der Waals surface area contributed by atoms with Gasteiger partial charge < -0.3 is 88.7 Å². The molecule has 0 amide bonds. The Bertz CT molecular complexity index is 2580. The van der Waals surface area contributed by atoms with E-state index in [1.54, 1.807) is 0 Å². The molecule has 116 heavy (non-hydrogen) atoms. The minimum absolute atomic E-state index is 0.00835. The van der Waals surface area contributed by atoms with Crippen LogP contribution in [0.4, 0.5) is 0 Å². The van der Waals surface area contributed by atoms with Crippen LogP contribution < -0.4 is 0 Å². The maximum atomic E-state index is 14.9. The first-order valence-corrected chi connectivity index (χ1v) is 47.6. The van der Waals surface area contributed by atoms with Gasteiger partial charge in [-0.3, -0.25) is 28.2 Å². The maximum Gasteiger partial charge on any atom is 0.472 e. The third kappa shape index (κ3) is 48.5. The zero-order chi connectivity index (χ0) is 84.8. The molecule has 1 saturated carbocycles. The molecule has 2 saturated heterocycles. The number of esters is 4. The second-order valence-electron chi connectivity index (χ2n) is 33.1. The Morgan fingerprint density at radius 3 is 1.13 bits per heavy atom.